The fourth-order valence-corrected chi connectivity index (χ4v) is 2.97. The summed E-state index contributed by atoms with van der Waals surface area (Å²) in [4.78, 5) is 26.3. The topological polar surface area (TPSA) is 75.4 Å². The first kappa shape index (κ1) is 19.5. The number of benzene rings is 1. The van der Waals surface area contributed by atoms with Crippen LogP contribution in [0.3, 0.4) is 0 Å². The summed E-state index contributed by atoms with van der Waals surface area (Å²) in [6.45, 7) is 2.50. The zero-order valence-electron chi connectivity index (χ0n) is 13.7. The number of likely N-dealkylation sites (tertiary alicyclic amines) is 1. The summed E-state index contributed by atoms with van der Waals surface area (Å²) >= 11 is 0. The van der Waals surface area contributed by atoms with E-state index >= 15 is 0 Å². The molecule has 3 atom stereocenters. The van der Waals surface area contributed by atoms with Crippen LogP contribution in [0.1, 0.15) is 37.8 Å². The van der Waals surface area contributed by atoms with E-state index in [1.165, 1.54) is 0 Å². The number of piperidine rings is 1. The SMILES string of the molecule is CC(N)CCNC(=O)C1CCC(=O)N(C)C1c1ccccc1.Cl. The molecule has 1 saturated heterocycles. The van der Waals surface area contributed by atoms with Crippen molar-refractivity contribution < 1.29 is 9.59 Å². The molecular formula is C17H26ClN3O2. The van der Waals surface area contributed by atoms with Crippen LogP contribution in [0.4, 0.5) is 0 Å². The van der Waals surface area contributed by atoms with Crippen LogP contribution in [0.5, 0.6) is 0 Å². The van der Waals surface area contributed by atoms with Gasteiger partial charge in [-0.2, -0.15) is 0 Å². The van der Waals surface area contributed by atoms with Crippen LogP contribution in [0, 0.1) is 5.92 Å². The zero-order chi connectivity index (χ0) is 16.1. The summed E-state index contributed by atoms with van der Waals surface area (Å²) < 4.78 is 0. The lowest BCUT2D eigenvalue weighted by Gasteiger charge is -2.38. The van der Waals surface area contributed by atoms with E-state index in [9.17, 15) is 9.59 Å². The summed E-state index contributed by atoms with van der Waals surface area (Å²) in [5.41, 5.74) is 6.72. The van der Waals surface area contributed by atoms with Crippen molar-refractivity contribution in [3.05, 3.63) is 35.9 Å². The summed E-state index contributed by atoms with van der Waals surface area (Å²) in [5.74, 6) is -0.111. The Labute approximate surface area is 144 Å². The van der Waals surface area contributed by atoms with Crippen molar-refractivity contribution in [3.8, 4) is 0 Å². The minimum Gasteiger partial charge on any atom is -0.356 e. The number of rotatable bonds is 5. The van der Waals surface area contributed by atoms with Gasteiger partial charge in [-0.25, -0.2) is 0 Å². The highest BCUT2D eigenvalue weighted by Gasteiger charge is 2.38. The molecule has 1 fully saturated rings. The third-order valence-corrected chi connectivity index (χ3v) is 4.24. The van der Waals surface area contributed by atoms with Crippen molar-refractivity contribution in [2.75, 3.05) is 13.6 Å². The standard InChI is InChI=1S/C17H25N3O2.ClH/c1-12(18)10-11-19-17(22)14-8-9-15(21)20(2)16(14)13-6-4-3-5-7-13;/h3-7,12,14,16H,8-11,18H2,1-2H3,(H,19,22);1H. The zero-order valence-corrected chi connectivity index (χ0v) is 14.5. The Morgan fingerprint density at radius 3 is 2.65 bits per heavy atom. The van der Waals surface area contributed by atoms with Crippen LogP contribution in [-0.2, 0) is 9.59 Å². The molecule has 128 valence electrons. The fourth-order valence-electron chi connectivity index (χ4n) is 2.97. The highest BCUT2D eigenvalue weighted by Crippen LogP contribution is 2.35. The molecule has 3 N–H and O–H groups in total. The second kappa shape index (κ2) is 8.89. The minimum atomic E-state index is -0.210. The van der Waals surface area contributed by atoms with Crippen molar-refractivity contribution in [2.45, 2.75) is 38.3 Å². The van der Waals surface area contributed by atoms with Gasteiger partial charge >= 0.3 is 0 Å². The van der Waals surface area contributed by atoms with Crippen molar-refractivity contribution in [3.63, 3.8) is 0 Å². The molecule has 0 bridgehead atoms. The predicted octanol–water partition coefficient (Wildman–Crippen LogP) is 1.87. The quantitative estimate of drug-likeness (QED) is 0.860. The van der Waals surface area contributed by atoms with Crippen molar-refractivity contribution >= 4 is 24.2 Å². The van der Waals surface area contributed by atoms with E-state index in [1.54, 1.807) is 11.9 Å². The van der Waals surface area contributed by atoms with Crippen LogP contribution < -0.4 is 11.1 Å². The molecule has 0 spiro atoms. The van der Waals surface area contributed by atoms with Gasteiger partial charge in [-0.15, -0.1) is 12.4 Å². The Hall–Kier alpha value is -1.59. The molecule has 5 nitrogen and oxygen atoms in total. The van der Waals surface area contributed by atoms with Crippen LogP contribution in [-0.4, -0.2) is 36.3 Å². The molecule has 0 radical (unpaired) electrons. The van der Waals surface area contributed by atoms with Crippen LogP contribution in [0.25, 0.3) is 0 Å². The van der Waals surface area contributed by atoms with Gasteiger partial charge in [0.25, 0.3) is 0 Å². The van der Waals surface area contributed by atoms with E-state index in [1.807, 2.05) is 37.3 Å². The predicted molar refractivity (Wildman–Crippen MR) is 93.2 cm³/mol. The number of nitrogens with one attached hydrogen (secondary N) is 1. The van der Waals surface area contributed by atoms with Gasteiger partial charge in [0.1, 0.15) is 0 Å². The summed E-state index contributed by atoms with van der Waals surface area (Å²) in [6, 6.07) is 9.63. The van der Waals surface area contributed by atoms with Gasteiger partial charge in [0.2, 0.25) is 11.8 Å². The summed E-state index contributed by atoms with van der Waals surface area (Å²) in [6.07, 6.45) is 1.77. The molecule has 2 rings (SSSR count). The first-order chi connectivity index (χ1) is 10.5. The Morgan fingerprint density at radius 1 is 1.39 bits per heavy atom. The van der Waals surface area contributed by atoms with Crippen molar-refractivity contribution in [1.29, 1.82) is 0 Å². The molecule has 1 aromatic rings. The van der Waals surface area contributed by atoms with Crippen molar-refractivity contribution in [1.82, 2.24) is 10.2 Å². The third kappa shape index (κ3) is 4.94. The Bertz CT molecular complexity index is 522. The average molecular weight is 340 g/mol. The largest absolute Gasteiger partial charge is 0.356 e. The molecule has 1 aliphatic rings. The lowest BCUT2D eigenvalue weighted by Crippen LogP contribution is -2.46. The Balaban J connectivity index is 0.00000264. The molecule has 2 amide bonds. The molecule has 23 heavy (non-hydrogen) atoms. The monoisotopic (exact) mass is 339 g/mol. The van der Waals surface area contributed by atoms with Crippen LogP contribution in [0.15, 0.2) is 30.3 Å². The second-order valence-electron chi connectivity index (χ2n) is 6.06. The number of nitrogens with zero attached hydrogens (tertiary/aromatic N) is 1. The molecule has 1 heterocycles. The van der Waals surface area contributed by atoms with Gasteiger partial charge in [0.15, 0.2) is 0 Å². The van der Waals surface area contributed by atoms with E-state index < -0.39 is 0 Å². The smallest absolute Gasteiger partial charge is 0.225 e. The van der Waals surface area contributed by atoms with Gasteiger partial charge in [0, 0.05) is 26.1 Å². The summed E-state index contributed by atoms with van der Waals surface area (Å²) in [7, 11) is 1.78. The van der Waals surface area contributed by atoms with E-state index in [2.05, 4.69) is 5.32 Å². The lowest BCUT2D eigenvalue weighted by atomic mass is 9.84. The number of halogens is 1. The molecule has 0 aromatic heterocycles. The number of hydrogen-bond acceptors (Lipinski definition) is 3. The first-order valence-electron chi connectivity index (χ1n) is 7.84. The Morgan fingerprint density at radius 2 is 2.04 bits per heavy atom. The van der Waals surface area contributed by atoms with Gasteiger partial charge in [0.05, 0.1) is 12.0 Å². The lowest BCUT2D eigenvalue weighted by molar-refractivity contribution is -0.141. The van der Waals surface area contributed by atoms with E-state index in [0.717, 1.165) is 12.0 Å². The maximum atomic E-state index is 12.5. The molecule has 6 heteroatoms. The van der Waals surface area contributed by atoms with E-state index in [-0.39, 0.29) is 42.2 Å². The molecular weight excluding hydrogens is 314 g/mol. The molecule has 0 saturated carbocycles. The minimum absolute atomic E-state index is 0. The highest BCUT2D eigenvalue weighted by atomic mass is 35.5. The maximum Gasteiger partial charge on any atom is 0.225 e. The van der Waals surface area contributed by atoms with Gasteiger partial charge in [-0.05, 0) is 25.3 Å². The second-order valence-corrected chi connectivity index (χ2v) is 6.06. The number of carbonyl (C=O) groups is 2. The van der Waals surface area contributed by atoms with Crippen LogP contribution in [0.2, 0.25) is 0 Å². The molecule has 1 aromatic carbocycles. The van der Waals surface area contributed by atoms with Gasteiger partial charge in [-0.1, -0.05) is 30.3 Å². The summed E-state index contributed by atoms with van der Waals surface area (Å²) in [5, 5.41) is 2.96. The number of nitrogens with two attached hydrogens (primary N) is 1. The Kier molecular flexibility index (Phi) is 7.52. The molecule has 3 unspecified atom stereocenters. The maximum absolute atomic E-state index is 12.5. The van der Waals surface area contributed by atoms with E-state index in [4.69, 9.17) is 5.73 Å². The fraction of sp³-hybridized carbons (Fsp3) is 0.529. The average Bonchev–Trinajstić information content (AvgIpc) is 2.50. The molecule has 1 aliphatic heterocycles. The van der Waals surface area contributed by atoms with Crippen molar-refractivity contribution in [2.24, 2.45) is 11.7 Å². The van der Waals surface area contributed by atoms with Gasteiger partial charge < -0.3 is 16.0 Å². The third-order valence-electron chi connectivity index (χ3n) is 4.24. The molecule has 0 aliphatic carbocycles. The number of carbonyl (C=O) groups excluding carboxylic acids is 2. The van der Waals surface area contributed by atoms with Crippen LogP contribution >= 0.6 is 12.4 Å². The number of amides is 2. The normalized spacial score (nSPS) is 22.2. The van der Waals surface area contributed by atoms with E-state index in [0.29, 0.717) is 19.4 Å². The first-order valence-corrected chi connectivity index (χ1v) is 7.84. The number of hydrogen-bond donors (Lipinski definition) is 2. The van der Waals surface area contributed by atoms with Gasteiger partial charge in [-0.3, -0.25) is 9.59 Å². The highest BCUT2D eigenvalue weighted by molar-refractivity contribution is 5.85.